The summed E-state index contributed by atoms with van der Waals surface area (Å²) in [7, 11) is 0. The summed E-state index contributed by atoms with van der Waals surface area (Å²) in [5.74, 6) is -0.254. The van der Waals surface area contributed by atoms with Gasteiger partial charge in [0.1, 0.15) is 0 Å². The molecule has 2 rings (SSSR count). The summed E-state index contributed by atoms with van der Waals surface area (Å²) in [6.45, 7) is 1.96. The van der Waals surface area contributed by atoms with Gasteiger partial charge in [-0.3, -0.25) is 4.79 Å². The van der Waals surface area contributed by atoms with E-state index in [2.05, 4.69) is 26.5 Å². The topological polar surface area (TPSA) is 41.5 Å². The molecule has 0 fully saturated rings. The van der Waals surface area contributed by atoms with Gasteiger partial charge in [0.2, 0.25) is 0 Å². The third kappa shape index (κ3) is 3.92. The van der Waals surface area contributed by atoms with E-state index in [-0.39, 0.29) is 5.91 Å². The van der Waals surface area contributed by atoms with Gasteiger partial charge in [-0.2, -0.15) is 5.10 Å². The summed E-state index contributed by atoms with van der Waals surface area (Å²) in [4.78, 5) is 11.9. The van der Waals surface area contributed by atoms with Crippen LogP contribution in [0.2, 0.25) is 5.02 Å². The Labute approximate surface area is 130 Å². The number of aryl methyl sites for hydroxylation is 1. The van der Waals surface area contributed by atoms with Crippen LogP contribution < -0.4 is 5.43 Å². The maximum atomic E-state index is 11.9. The molecule has 0 aliphatic rings. The molecular weight excluding hydrogens is 340 g/mol. The molecule has 1 N–H and O–H groups in total. The highest BCUT2D eigenvalue weighted by Crippen LogP contribution is 2.17. The van der Waals surface area contributed by atoms with Crippen molar-refractivity contribution in [3.05, 3.63) is 68.7 Å². The maximum Gasteiger partial charge on any atom is 0.271 e. The molecule has 3 nitrogen and oxygen atoms in total. The van der Waals surface area contributed by atoms with Crippen molar-refractivity contribution in [2.75, 3.05) is 0 Å². The van der Waals surface area contributed by atoms with Crippen LogP contribution in [-0.4, -0.2) is 12.1 Å². The third-order valence-corrected chi connectivity index (χ3v) is 3.79. The van der Waals surface area contributed by atoms with Crippen molar-refractivity contribution in [1.82, 2.24) is 5.43 Å². The van der Waals surface area contributed by atoms with Crippen LogP contribution in [-0.2, 0) is 0 Å². The molecule has 0 atom stereocenters. The summed E-state index contributed by atoms with van der Waals surface area (Å²) >= 11 is 9.18. The predicted molar refractivity (Wildman–Crippen MR) is 85.4 cm³/mol. The van der Waals surface area contributed by atoms with Crippen molar-refractivity contribution < 1.29 is 4.79 Å². The van der Waals surface area contributed by atoms with E-state index in [9.17, 15) is 4.79 Å². The standard InChI is InChI=1S/C15H12BrClN2O/c1-10-2-5-12(8-14(10)16)15(20)19-18-9-11-3-6-13(17)7-4-11/h2-9H,1H3,(H,19,20)/b18-9+. The number of amides is 1. The molecule has 0 bridgehead atoms. The fourth-order valence-corrected chi connectivity index (χ4v) is 2.02. The van der Waals surface area contributed by atoms with E-state index in [0.29, 0.717) is 10.6 Å². The molecule has 0 radical (unpaired) electrons. The number of hydrazone groups is 1. The Kier molecular flexibility index (Phi) is 4.93. The lowest BCUT2D eigenvalue weighted by Gasteiger charge is -2.02. The van der Waals surface area contributed by atoms with E-state index in [1.165, 1.54) is 0 Å². The first-order valence-corrected chi connectivity index (χ1v) is 7.08. The zero-order valence-corrected chi connectivity index (χ0v) is 13.1. The van der Waals surface area contributed by atoms with Crippen molar-refractivity contribution >= 4 is 39.7 Å². The van der Waals surface area contributed by atoms with Crippen molar-refractivity contribution in [1.29, 1.82) is 0 Å². The van der Waals surface area contributed by atoms with Gasteiger partial charge in [-0.05, 0) is 42.3 Å². The summed E-state index contributed by atoms with van der Waals surface area (Å²) in [6.07, 6.45) is 1.57. The Morgan fingerprint density at radius 1 is 1.25 bits per heavy atom. The summed E-state index contributed by atoms with van der Waals surface area (Å²) in [5.41, 5.74) is 4.97. The number of nitrogens with zero attached hydrogens (tertiary/aromatic N) is 1. The summed E-state index contributed by atoms with van der Waals surface area (Å²) < 4.78 is 0.895. The molecular formula is C15H12BrClN2O. The minimum atomic E-state index is -0.254. The number of halogens is 2. The Morgan fingerprint density at radius 3 is 2.60 bits per heavy atom. The molecule has 0 saturated heterocycles. The quantitative estimate of drug-likeness (QED) is 0.654. The molecule has 0 heterocycles. The Bertz CT molecular complexity index is 653. The van der Waals surface area contributed by atoms with Gasteiger partial charge < -0.3 is 0 Å². The van der Waals surface area contributed by atoms with Crippen molar-refractivity contribution in [3.8, 4) is 0 Å². The Morgan fingerprint density at radius 2 is 1.95 bits per heavy atom. The van der Waals surface area contributed by atoms with Crippen molar-refractivity contribution in [3.63, 3.8) is 0 Å². The van der Waals surface area contributed by atoms with Crippen LogP contribution in [0.3, 0.4) is 0 Å². The fourth-order valence-electron chi connectivity index (χ4n) is 1.51. The van der Waals surface area contributed by atoms with E-state index in [0.717, 1.165) is 15.6 Å². The molecule has 102 valence electrons. The minimum Gasteiger partial charge on any atom is -0.267 e. The van der Waals surface area contributed by atoms with E-state index < -0.39 is 0 Å². The lowest BCUT2D eigenvalue weighted by atomic mass is 10.1. The maximum absolute atomic E-state index is 11.9. The predicted octanol–water partition coefficient (Wildman–Crippen LogP) is 4.17. The number of rotatable bonds is 3. The Balaban J connectivity index is 2.01. The van der Waals surface area contributed by atoms with Crippen LogP contribution in [0.1, 0.15) is 21.5 Å². The van der Waals surface area contributed by atoms with Crippen LogP contribution in [0.25, 0.3) is 0 Å². The lowest BCUT2D eigenvalue weighted by Crippen LogP contribution is -2.17. The molecule has 0 saturated carbocycles. The first kappa shape index (κ1) is 14.8. The lowest BCUT2D eigenvalue weighted by molar-refractivity contribution is 0.0955. The molecule has 1 amide bonds. The monoisotopic (exact) mass is 350 g/mol. The van der Waals surface area contributed by atoms with E-state index in [4.69, 9.17) is 11.6 Å². The summed E-state index contributed by atoms with van der Waals surface area (Å²) in [5, 5.41) is 4.58. The van der Waals surface area contributed by atoms with Gasteiger partial charge in [0.05, 0.1) is 6.21 Å². The second-order valence-corrected chi connectivity index (χ2v) is 5.51. The van der Waals surface area contributed by atoms with Gasteiger partial charge in [0, 0.05) is 15.1 Å². The van der Waals surface area contributed by atoms with Gasteiger partial charge in [0.15, 0.2) is 0 Å². The van der Waals surface area contributed by atoms with Crippen LogP contribution in [0.4, 0.5) is 0 Å². The first-order chi connectivity index (χ1) is 9.56. The van der Waals surface area contributed by atoms with Crippen molar-refractivity contribution in [2.45, 2.75) is 6.92 Å². The number of nitrogens with one attached hydrogen (secondary N) is 1. The molecule has 0 unspecified atom stereocenters. The van der Waals surface area contributed by atoms with Crippen molar-refractivity contribution in [2.24, 2.45) is 5.10 Å². The Hall–Kier alpha value is -1.65. The minimum absolute atomic E-state index is 0.254. The molecule has 2 aromatic rings. The largest absolute Gasteiger partial charge is 0.271 e. The highest BCUT2D eigenvalue weighted by Gasteiger charge is 2.05. The van der Waals surface area contributed by atoms with E-state index in [1.54, 1.807) is 30.5 Å². The second kappa shape index (κ2) is 6.68. The van der Waals surface area contributed by atoms with Gasteiger partial charge in [0.25, 0.3) is 5.91 Å². The highest BCUT2D eigenvalue weighted by molar-refractivity contribution is 9.10. The van der Waals surface area contributed by atoms with E-state index in [1.807, 2.05) is 25.1 Å². The smallest absolute Gasteiger partial charge is 0.267 e. The number of carbonyl (C=O) groups excluding carboxylic acids is 1. The van der Waals surface area contributed by atoms with Crippen LogP contribution in [0.5, 0.6) is 0 Å². The number of carbonyl (C=O) groups is 1. The normalized spacial score (nSPS) is 10.8. The number of hydrogen-bond donors (Lipinski definition) is 1. The second-order valence-electron chi connectivity index (χ2n) is 4.21. The SMILES string of the molecule is Cc1ccc(C(=O)N/N=C/c2ccc(Cl)cc2)cc1Br. The molecule has 20 heavy (non-hydrogen) atoms. The van der Waals surface area contributed by atoms with Crippen LogP contribution >= 0.6 is 27.5 Å². The summed E-state index contributed by atoms with van der Waals surface area (Å²) in [6, 6.07) is 12.6. The number of benzene rings is 2. The zero-order chi connectivity index (χ0) is 14.5. The molecule has 5 heteroatoms. The van der Waals surface area contributed by atoms with Crippen LogP contribution in [0, 0.1) is 6.92 Å². The van der Waals surface area contributed by atoms with Gasteiger partial charge >= 0.3 is 0 Å². The average molecular weight is 352 g/mol. The molecule has 0 aliphatic heterocycles. The molecule has 2 aromatic carbocycles. The van der Waals surface area contributed by atoms with Crippen LogP contribution in [0.15, 0.2) is 52.0 Å². The van der Waals surface area contributed by atoms with Gasteiger partial charge in [-0.15, -0.1) is 0 Å². The zero-order valence-electron chi connectivity index (χ0n) is 10.7. The average Bonchev–Trinajstić information content (AvgIpc) is 2.44. The highest BCUT2D eigenvalue weighted by atomic mass is 79.9. The molecule has 0 aliphatic carbocycles. The fraction of sp³-hybridized carbons (Fsp3) is 0.0667. The van der Waals surface area contributed by atoms with E-state index >= 15 is 0 Å². The third-order valence-electron chi connectivity index (χ3n) is 2.68. The molecule has 0 spiro atoms. The van der Waals surface area contributed by atoms with Gasteiger partial charge in [-0.1, -0.05) is 45.7 Å². The molecule has 0 aromatic heterocycles. The first-order valence-electron chi connectivity index (χ1n) is 5.91. The number of hydrogen-bond acceptors (Lipinski definition) is 2. The van der Waals surface area contributed by atoms with Gasteiger partial charge in [-0.25, -0.2) is 5.43 Å².